The minimum Gasteiger partial charge on any atom is -0.387 e. The number of amides is 1. The number of hydrogen-bond acceptors (Lipinski definition) is 3. The summed E-state index contributed by atoms with van der Waals surface area (Å²) in [5.74, 6) is -2.13. The van der Waals surface area contributed by atoms with Crippen molar-refractivity contribution in [3.05, 3.63) is 35.4 Å². The quantitative estimate of drug-likeness (QED) is 0.726. The van der Waals surface area contributed by atoms with E-state index in [0.717, 1.165) is 6.07 Å². The molecule has 1 rings (SSSR count). The van der Waals surface area contributed by atoms with Crippen LogP contribution in [0.25, 0.3) is 0 Å². The molecule has 0 heterocycles. The minimum atomic E-state index is -1.18. The number of carbonyl (C=O) groups is 1. The van der Waals surface area contributed by atoms with Gasteiger partial charge in [0.15, 0.2) is 0 Å². The van der Waals surface area contributed by atoms with E-state index in [1.54, 1.807) is 13.8 Å². The Labute approximate surface area is 110 Å². The molecule has 0 aromatic heterocycles. The van der Waals surface area contributed by atoms with Gasteiger partial charge in [0.1, 0.15) is 11.6 Å². The molecule has 0 saturated carbocycles. The van der Waals surface area contributed by atoms with Crippen LogP contribution in [-0.4, -0.2) is 23.6 Å². The van der Waals surface area contributed by atoms with E-state index in [0.29, 0.717) is 6.07 Å². The molecule has 2 unspecified atom stereocenters. The lowest BCUT2D eigenvalue weighted by Gasteiger charge is -2.21. The van der Waals surface area contributed by atoms with Crippen LogP contribution in [0.5, 0.6) is 0 Å². The molecule has 0 aliphatic heterocycles. The Bertz CT molecular complexity index is 452. The highest BCUT2D eigenvalue weighted by molar-refractivity contribution is 5.80. The number of nitrogens with one attached hydrogen (secondary N) is 1. The molecule has 0 fully saturated rings. The van der Waals surface area contributed by atoms with Crippen LogP contribution in [0.3, 0.4) is 0 Å². The van der Waals surface area contributed by atoms with Crippen molar-refractivity contribution < 1.29 is 18.7 Å². The fourth-order valence-electron chi connectivity index (χ4n) is 1.79. The van der Waals surface area contributed by atoms with Gasteiger partial charge in [-0.2, -0.15) is 0 Å². The van der Waals surface area contributed by atoms with Gasteiger partial charge >= 0.3 is 0 Å². The van der Waals surface area contributed by atoms with Crippen LogP contribution in [0.15, 0.2) is 18.2 Å². The average molecular weight is 272 g/mol. The standard InChI is InChI=1S/C13H18F2N2O2/c1-7(2)12(13(16)19)17-6-11(18)9-4-3-8(14)5-10(9)15/h3-5,7,11-12,17-18H,6H2,1-2H3,(H2,16,19). The van der Waals surface area contributed by atoms with Gasteiger partial charge in [-0.25, -0.2) is 8.78 Å². The van der Waals surface area contributed by atoms with Crippen LogP contribution in [0.2, 0.25) is 0 Å². The summed E-state index contributed by atoms with van der Waals surface area (Å²) >= 11 is 0. The summed E-state index contributed by atoms with van der Waals surface area (Å²) in [6, 6.07) is 2.33. The zero-order valence-electron chi connectivity index (χ0n) is 10.9. The molecule has 0 aliphatic rings. The van der Waals surface area contributed by atoms with Crippen molar-refractivity contribution in [2.45, 2.75) is 26.0 Å². The number of nitrogens with two attached hydrogens (primary N) is 1. The SMILES string of the molecule is CC(C)C(NCC(O)c1ccc(F)cc1F)C(N)=O. The highest BCUT2D eigenvalue weighted by atomic mass is 19.1. The molecule has 4 N–H and O–H groups in total. The maximum Gasteiger partial charge on any atom is 0.234 e. The zero-order valence-corrected chi connectivity index (χ0v) is 10.9. The van der Waals surface area contributed by atoms with Crippen LogP contribution in [0.4, 0.5) is 8.78 Å². The summed E-state index contributed by atoms with van der Waals surface area (Å²) in [5, 5.41) is 12.6. The Kier molecular flexibility index (Phi) is 5.38. The van der Waals surface area contributed by atoms with E-state index < -0.39 is 29.7 Å². The van der Waals surface area contributed by atoms with Gasteiger partial charge in [0.2, 0.25) is 5.91 Å². The fourth-order valence-corrected chi connectivity index (χ4v) is 1.79. The molecule has 6 heteroatoms. The number of carbonyl (C=O) groups excluding carboxylic acids is 1. The van der Waals surface area contributed by atoms with Crippen LogP contribution >= 0.6 is 0 Å². The Morgan fingerprint density at radius 3 is 2.53 bits per heavy atom. The number of rotatable bonds is 6. The van der Waals surface area contributed by atoms with Crippen LogP contribution < -0.4 is 11.1 Å². The molecule has 2 atom stereocenters. The third-order valence-electron chi connectivity index (χ3n) is 2.83. The second-order valence-electron chi connectivity index (χ2n) is 4.71. The normalized spacial score (nSPS) is 14.4. The Hall–Kier alpha value is -1.53. The molecule has 0 bridgehead atoms. The summed E-state index contributed by atoms with van der Waals surface area (Å²) in [5.41, 5.74) is 5.18. The number of benzene rings is 1. The lowest BCUT2D eigenvalue weighted by molar-refractivity contribution is -0.121. The van der Waals surface area contributed by atoms with E-state index in [1.807, 2.05) is 0 Å². The lowest BCUT2D eigenvalue weighted by atomic mass is 10.0. The molecule has 1 aromatic rings. The third kappa shape index (κ3) is 4.25. The number of aliphatic hydroxyl groups excluding tert-OH is 1. The first-order valence-corrected chi connectivity index (χ1v) is 5.98. The molecule has 0 radical (unpaired) electrons. The van der Waals surface area contributed by atoms with E-state index >= 15 is 0 Å². The second-order valence-corrected chi connectivity index (χ2v) is 4.71. The Morgan fingerprint density at radius 2 is 2.05 bits per heavy atom. The maximum atomic E-state index is 13.4. The molecule has 0 aliphatic carbocycles. The van der Waals surface area contributed by atoms with E-state index in [1.165, 1.54) is 6.07 Å². The van der Waals surface area contributed by atoms with Crippen molar-refractivity contribution in [1.29, 1.82) is 0 Å². The van der Waals surface area contributed by atoms with Gasteiger partial charge in [-0.05, 0) is 12.0 Å². The fraction of sp³-hybridized carbons (Fsp3) is 0.462. The maximum absolute atomic E-state index is 13.4. The van der Waals surface area contributed by atoms with E-state index in [9.17, 15) is 18.7 Å². The Morgan fingerprint density at radius 1 is 1.42 bits per heavy atom. The first-order valence-electron chi connectivity index (χ1n) is 5.98. The monoisotopic (exact) mass is 272 g/mol. The van der Waals surface area contributed by atoms with Gasteiger partial charge in [-0.15, -0.1) is 0 Å². The van der Waals surface area contributed by atoms with Gasteiger partial charge < -0.3 is 16.2 Å². The van der Waals surface area contributed by atoms with Gasteiger partial charge in [0, 0.05) is 18.2 Å². The van der Waals surface area contributed by atoms with Crippen LogP contribution in [0, 0.1) is 17.6 Å². The van der Waals surface area contributed by atoms with Gasteiger partial charge in [0.25, 0.3) is 0 Å². The van der Waals surface area contributed by atoms with E-state index in [-0.39, 0.29) is 18.0 Å². The number of hydrogen-bond donors (Lipinski definition) is 3. The predicted molar refractivity (Wildman–Crippen MR) is 67.1 cm³/mol. The molecule has 1 amide bonds. The molecule has 4 nitrogen and oxygen atoms in total. The highest BCUT2D eigenvalue weighted by Gasteiger charge is 2.21. The van der Waals surface area contributed by atoms with Crippen molar-refractivity contribution in [2.24, 2.45) is 11.7 Å². The van der Waals surface area contributed by atoms with Gasteiger partial charge in [0.05, 0.1) is 12.1 Å². The summed E-state index contributed by atoms with van der Waals surface area (Å²) in [6.07, 6.45) is -1.18. The van der Waals surface area contributed by atoms with Gasteiger partial charge in [-0.3, -0.25) is 4.79 Å². The van der Waals surface area contributed by atoms with Crippen LogP contribution in [-0.2, 0) is 4.79 Å². The molecular formula is C13H18F2N2O2. The second kappa shape index (κ2) is 6.58. The van der Waals surface area contributed by atoms with Crippen molar-refractivity contribution in [3.8, 4) is 0 Å². The summed E-state index contributed by atoms with van der Waals surface area (Å²) in [6.45, 7) is 3.55. The minimum absolute atomic E-state index is 0.0270. The van der Waals surface area contributed by atoms with E-state index in [4.69, 9.17) is 5.73 Å². The third-order valence-corrected chi connectivity index (χ3v) is 2.83. The number of halogens is 2. The van der Waals surface area contributed by atoms with Gasteiger partial charge in [-0.1, -0.05) is 19.9 Å². The number of aliphatic hydroxyl groups is 1. The highest BCUT2D eigenvalue weighted by Crippen LogP contribution is 2.17. The van der Waals surface area contributed by atoms with Crippen molar-refractivity contribution in [2.75, 3.05) is 6.54 Å². The molecule has 0 saturated heterocycles. The van der Waals surface area contributed by atoms with Crippen molar-refractivity contribution >= 4 is 5.91 Å². The molecular weight excluding hydrogens is 254 g/mol. The van der Waals surface area contributed by atoms with Crippen molar-refractivity contribution in [3.63, 3.8) is 0 Å². The van der Waals surface area contributed by atoms with E-state index in [2.05, 4.69) is 5.32 Å². The summed E-state index contributed by atoms with van der Waals surface area (Å²) in [4.78, 5) is 11.2. The Balaban J connectivity index is 2.69. The molecule has 19 heavy (non-hydrogen) atoms. The number of primary amides is 1. The summed E-state index contributed by atoms with van der Waals surface area (Å²) in [7, 11) is 0. The van der Waals surface area contributed by atoms with Crippen molar-refractivity contribution in [1.82, 2.24) is 5.32 Å². The average Bonchev–Trinajstić information content (AvgIpc) is 2.27. The lowest BCUT2D eigenvalue weighted by Crippen LogP contribution is -2.46. The first kappa shape index (κ1) is 15.5. The van der Waals surface area contributed by atoms with Crippen LogP contribution in [0.1, 0.15) is 25.5 Å². The molecule has 1 aromatic carbocycles. The largest absolute Gasteiger partial charge is 0.387 e. The summed E-state index contributed by atoms with van der Waals surface area (Å²) < 4.78 is 26.2. The molecule has 0 spiro atoms. The smallest absolute Gasteiger partial charge is 0.234 e. The zero-order chi connectivity index (χ0) is 14.6. The topological polar surface area (TPSA) is 75.3 Å². The molecule has 106 valence electrons. The predicted octanol–water partition coefficient (Wildman–Crippen LogP) is 1.10. The first-order chi connectivity index (χ1) is 8.82.